The van der Waals surface area contributed by atoms with Crippen molar-refractivity contribution in [3.63, 3.8) is 0 Å². The molecule has 80 valence electrons. The second kappa shape index (κ2) is 5.31. The lowest BCUT2D eigenvalue weighted by Gasteiger charge is -2.06. The van der Waals surface area contributed by atoms with Crippen LogP contribution in [-0.4, -0.2) is 24.5 Å². The van der Waals surface area contributed by atoms with Gasteiger partial charge in [-0.25, -0.2) is 4.79 Å². The number of esters is 1. The lowest BCUT2D eigenvalue weighted by Crippen LogP contribution is -2.13. The Labute approximate surface area is 91.4 Å². The molecule has 1 aromatic rings. The Morgan fingerprint density at radius 3 is 3.07 bits per heavy atom. The van der Waals surface area contributed by atoms with Crippen LogP contribution in [0.25, 0.3) is 0 Å². The number of rotatable bonds is 4. The molecule has 1 heterocycles. The largest absolute Gasteiger partial charge is 0.465 e. The van der Waals surface area contributed by atoms with Crippen LogP contribution >= 0.6 is 11.6 Å². The van der Waals surface area contributed by atoms with Crippen molar-refractivity contribution in [3.05, 3.63) is 28.5 Å². The topological polar surface area (TPSA) is 68.3 Å². The van der Waals surface area contributed by atoms with Crippen molar-refractivity contribution in [2.75, 3.05) is 7.11 Å². The zero-order valence-electron chi connectivity index (χ0n) is 7.99. The van der Waals surface area contributed by atoms with Gasteiger partial charge in [-0.1, -0.05) is 11.6 Å². The van der Waals surface area contributed by atoms with Gasteiger partial charge in [0, 0.05) is 6.20 Å². The number of nitrogens with zero attached hydrogens (tertiary/aromatic N) is 1. The molecule has 0 radical (unpaired) electrons. The zero-order valence-corrected chi connectivity index (χ0v) is 8.75. The number of nitrogens with one attached hydrogen (secondary N) is 1. The Hall–Kier alpha value is -1.62. The number of pyridine rings is 1. The molecule has 0 saturated heterocycles. The van der Waals surface area contributed by atoms with Crippen molar-refractivity contribution < 1.29 is 14.3 Å². The summed E-state index contributed by atoms with van der Waals surface area (Å²) in [5.74, 6) is -0.533. The monoisotopic (exact) mass is 228 g/mol. The van der Waals surface area contributed by atoms with Gasteiger partial charge in [0.1, 0.15) is 0 Å². The fraction of sp³-hybridized carbons (Fsp3) is 0.222. The summed E-state index contributed by atoms with van der Waals surface area (Å²) in [6.45, 7) is 0.174. The predicted molar refractivity (Wildman–Crippen MR) is 53.5 cm³/mol. The first kappa shape index (κ1) is 11.5. The van der Waals surface area contributed by atoms with E-state index in [1.807, 2.05) is 0 Å². The smallest absolute Gasteiger partial charge is 0.339 e. The van der Waals surface area contributed by atoms with Gasteiger partial charge >= 0.3 is 5.97 Å². The van der Waals surface area contributed by atoms with Gasteiger partial charge in [0.05, 0.1) is 29.9 Å². The molecule has 1 N–H and O–H groups in total. The van der Waals surface area contributed by atoms with Gasteiger partial charge in [0.2, 0.25) is 6.41 Å². The van der Waals surface area contributed by atoms with Crippen molar-refractivity contribution >= 4 is 24.0 Å². The first-order valence-corrected chi connectivity index (χ1v) is 4.47. The van der Waals surface area contributed by atoms with E-state index in [0.29, 0.717) is 12.1 Å². The lowest BCUT2D eigenvalue weighted by atomic mass is 10.2. The molecule has 0 spiro atoms. The van der Waals surface area contributed by atoms with E-state index in [1.54, 1.807) is 0 Å². The van der Waals surface area contributed by atoms with Gasteiger partial charge in [-0.15, -0.1) is 0 Å². The Morgan fingerprint density at radius 2 is 2.47 bits per heavy atom. The highest BCUT2D eigenvalue weighted by Gasteiger charge is 2.13. The van der Waals surface area contributed by atoms with Gasteiger partial charge in [-0.2, -0.15) is 0 Å². The molecule has 0 aliphatic rings. The molecule has 0 unspecified atom stereocenters. The SMILES string of the molecule is COC(=O)c1ccnc(CNC=O)c1Cl. The molecule has 0 aliphatic heterocycles. The van der Waals surface area contributed by atoms with Crippen LogP contribution in [0.2, 0.25) is 5.02 Å². The van der Waals surface area contributed by atoms with Crippen molar-refractivity contribution in [1.29, 1.82) is 0 Å². The highest BCUT2D eigenvalue weighted by Crippen LogP contribution is 2.19. The molecule has 1 amide bonds. The number of carbonyl (C=O) groups is 2. The van der Waals surface area contributed by atoms with Crippen LogP contribution in [0.15, 0.2) is 12.3 Å². The van der Waals surface area contributed by atoms with E-state index in [9.17, 15) is 9.59 Å². The van der Waals surface area contributed by atoms with Crippen molar-refractivity contribution in [3.8, 4) is 0 Å². The molecule has 0 atom stereocenters. The molecule has 1 aromatic heterocycles. The average Bonchev–Trinajstić information content (AvgIpc) is 2.27. The lowest BCUT2D eigenvalue weighted by molar-refractivity contribution is -0.109. The number of halogens is 1. The average molecular weight is 229 g/mol. The second-order valence-electron chi connectivity index (χ2n) is 2.61. The zero-order chi connectivity index (χ0) is 11.3. The third-order valence-corrected chi connectivity index (χ3v) is 2.14. The van der Waals surface area contributed by atoms with Crippen LogP contribution in [0.1, 0.15) is 16.1 Å². The maximum atomic E-state index is 11.2. The molecule has 0 saturated carbocycles. The van der Waals surface area contributed by atoms with Crippen LogP contribution in [0.5, 0.6) is 0 Å². The fourth-order valence-corrected chi connectivity index (χ4v) is 1.27. The number of ether oxygens (including phenoxy) is 1. The van der Waals surface area contributed by atoms with Gasteiger partial charge in [0.15, 0.2) is 0 Å². The molecule has 0 bridgehead atoms. The summed E-state index contributed by atoms with van der Waals surface area (Å²) in [6.07, 6.45) is 1.96. The van der Waals surface area contributed by atoms with Crippen molar-refractivity contribution in [2.45, 2.75) is 6.54 Å². The number of aromatic nitrogens is 1. The predicted octanol–water partition coefficient (Wildman–Crippen LogP) is 0.768. The molecular formula is C9H9ClN2O3. The minimum Gasteiger partial charge on any atom is -0.465 e. The van der Waals surface area contributed by atoms with E-state index in [1.165, 1.54) is 19.4 Å². The van der Waals surface area contributed by atoms with Gasteiger partial charge < -0.3 is 10.1 Å². The Kier molecular flexibility index (Phi) is 4.05. The Bertz CT molecular complexity index is 382. The molecule has 1 rings (SSSR count). The molecule has 0 fully saturated rings. The van der Waals surface area contributed by atoms with E-state index in [0.717, 1.165) is 0 Å². The third kappa shape index (κ3) is 2.66. The molecule has 15 heavy (non-hydrogen) atoms. The van der Waals surface area contributed by atoms with E-state index in [2.05, 4.69) is 15.0 Å². The highest BCUT2D eigenvalue weighted by molar-refractivity contribution is 6.34. The summed E-state index contributed by atoms with van der Waals surface area (Å²) in [4.78, 5) is 25.3. The number of methoxy groups -OCH3 is 1. The van der Waals surface area contributed by atoms with Gasteiger partial charge in [-0.3, -0.25) is 9.78 Å². The molecule has 6 heteroatoms. The van der Waals surface area contributed by atoms with Crippen LogP contribution < -0.4 is 5.32 Å². The Morgan fingerprint density at radius 1 is 1.73 bits per heavy atom. The summed E-state index contributed by atoms with van der Waals surface area (Å²) < 4.78 is 4.54. The Balaban J connectivity index is 2.99. The van der Waals surface area contributed by atoms with E-state index in [4.69, 9.17) is 11.6 Å². The van der Waals surface area contributed by atoms with E-state index in [-0.39, 0.29) is 17.1 Å². The normalized spacial score (nSPS) is 9.47. The van der Waals surface area contributed by atoms with E-state index < -0.39 is 5.97 Å². The highest BCUT2D eigenvalue weighted by atomic mass is 35.5. The van der Waals surface area contributed by atoms with Crippen molar-refractivity contribution in [1.82, 2.24) is 10.3 Å². The standard InChI is InChI=1S/C9H9ClN2O3/c1-15-9(14)6-2-3-12-7(8(6)10)4-11-5-13/h2-3,5H,4H2,1H3,(H,11,13). The number of amides is 1. The molecular weight excluding hydrogens is 220 g/mol. The van der Waals surface area contributed by atoms with Gasteiger partial charge in [0.25, 0.3) is 0 Å². The summed E-state index contributed by atoms with van der Waals surface area (Å²) in [5.41, 5.74) is 0.656. The number of hydrogen-bond donors (Lipinski definition) is 1. The summed E-state index contributed by atoms with van der Waals surface area (Å²) in [6, 6.07) is 1.46. The molecule has 0 aliphatic carbocycles. The van der Waals surface area contributed by atoms with Crippen LogP contribution in [0.3, 0.4) is 0 Å². The maximum absolute atomic E-state index is 11.2. The summed E-state index contributed by atoms with van der Waals surface area (Å²) in [5, 5.41) is 2.60. The van der Waals surface area contributed by atoms with Crippen LogP contribution in [0, 0.1) is 0 Å². The molecule has 5 nitrogen and oxygen atoms in total. The van der Waals surface area contributed by atoms with E-state index >= 15 is 0 Å². The van der Waals surface area contributed by atoms with Gasteiger partial charge in [-0.05, 0) is 6.07 Å². The fourth-order valence-electron chi connectivity index (χ4n) is 1.02. The van der Waals surface area contributed by atoms with Crippen LogP contribution in [0.4, 0.5) is 0 Å². The maximum Gasteiger partial charge on any atom is 0.339 e. The first-order valence-electron chi connectivity index (χ1n) is 4.09. The quantitative estimate of drug-likeness (QED) is 0.611. The molecule has 0 aromatic carbocycles. The second-order valence-corrected chi connectivity index (χ2v) is 2.99. The summed E-state index contributed by atoms with van der Waals surface area (Å²) in [7, 11) is 1.27. The summed E-state index contributed by atoms with van der Waals surface area (Å²) >= 11 is 5.90. The third-order valence-electron chi connectivity index (χ3n) is 1.72. The minimum atomic E-state index is -0.533. The van der Waals surface area contributed by atoms with Crippen LogP contribution in [-0.2, 0) is 16.1 Å². The first-order chi connectivity index (χ1) is 7.20. The van der Waals surface area contributed by atoms with Crippen molar-refractivity contribution in [2.24, 2.45) is 0 Å². The number of hydrogen-bond acceptors (Lipinski definition) is 4. The number of carbonyl (C=O) groups excluding carboxylic acids is 2. The minimum absolute atomic E-state index is 0.174.